The highest BCUT2D eigenvalue weighted by Gasteiger charge is 2.22. The second-order valence-electron chi connectivity index (χ2n) is 5.03. The molecule has 1 aliphatic rings. The van der Waals surface area contributed by atoms with Crippen molar-refractivity contribution in [3.8, 4) is 0 Å². The third-order valence-corrected chi connectivity index (χ3v) is 3.63. The molecular weight excluding hydrogens is 242 g/mol. The molecule has 1 aliphatic heterocycles. The van der Waals surface area contributed by atoms with E-state index in [1.165, 1.54) is 0 Å². The predicted molar refractivity (Wildman–Crippen MR) is 71.6 cm³/mol. The summed E-state index contributed by atoms with van der Waals surface area (Å²) in [5.41, 5.74) is 1.78. The van der Waals surface area contributed by atoms with Gasteiger partial charge in [0.25, 0.3) is 0 Å². The summed E-state index contributed by atoms with van der Waals surface area (Å²) in [6.07, 6.45) is 5.23. The number of nitrogens with zero attached hydrogens (tertiary/aromatic N) is 2. The molecule has 1 unspecified atom stereocenters. The summed E-state index contributed by atoms with van der Waals surface area (Å²) in [7, 11) is 0. The smallest absolute Gasteiger partial charge is 0.227 e. The highest BCUT2D eigenvalue weighted by atomic mass is 16.3. The number of aliphatic hydroxyl groups excluding tert-OH is 1. The minimum absolute atomic E-state index is 0.0727. The lowest BCUT2D eigenvalue weighted by molar-refractivity contribution is -0.133. The standard InChI is InChI=1S/C14H17N3O2/c18-11-3-2-6-17(9-11)13(19)7-10-8-16-14-12(10)4-1-5-15-14/h1,4-5,8,11,18H,2-3,6-7,9H2,(H,15,16). The second kappa shape index (κ2) is 5.01. The van der Waals surface area contributed by atoms with E-state index < -0.39 is 0 Å². The van der Waals surface area contributed by atoms with Crippen LogP contribution in [0.2, 0.25) is 0 Å². The maximum absolute atomic E-state index is 12.2. The van der Waals surface area contributed by atoms with Crippen molar-refractivity contribution in [2.45, 2.75) is 25.4 Å². The van der Waals surface area contributed by atoms with E-state index in [0.717, 1.165) is 36.0 Å². The van der Waals surface area contributed by atoms with Gasteiger partial charge in [-0.05, 0) is 30.5 Å². The Morgan fingerprint density at radius 1 is 1.58 bits per heavy atom. The van der Waals surface area contributed by atoms with Crippen molar-refractivity contribution >= 4 is 16.9 Å². The van der Waals surface area contributed by atoms with Crippen molar-refractivity contribution in [3.05, 3.63) is 30.1 Å². The van der Waals surface area contributed by atoms with Crippen LogP contribution in [0.5, 0.6) is 0 Å². The van der Waals surface area contributed by atoms with E-state index in [0.29, 0.717) is 13.0 Å². The molecule has 3 rings (SSSR count). The van der Waals surface area contributed by atoms with Crippen LogP contribution in [0.4, 0.5) is 0 Å². The molecule has 1 amide bonds. The maximum atomic E-state index is 12.2. The van der Waals surface area contributed by atoms with Crippen LogP contribution in [0.15, 0.2) is 24.5 Å². The van der Waals surface area contributed by atoms with Crippen LogP contribution < -0.4 is 0 Å². The minimum atomic E-state index is -0.373. The van der Waals surface area contributed by atoms with Crippen molar-refractivity contribution in [1.29, 1.82) is 0 Å². The quantitative estimate of drug-likeness (QED) is 0.848. The molecular formula is C14H17N3O2. The van der Waals surface area contributed by atoms with Crippen LogP contribution in [-0.4, -0.2) is 45.1 Å². The van der Waals surface area contributed by atoms with E-state index in [1.54, 1.807) is 11.1 Å². The van der Waals surface area contributed by atoms with Gasteiger partial charge in [0.05, 0.1) is 12.5 Å². The number of carbonyl (C=O) groups is 1. The fraction of sp³-hybridized carbons (Fsp3) is 0.429. The maximum Gasteiger partial charge on any atom is 0.227 e. The first-order chi connectivity index (χ1) is 9.24. The van der Waals surface area contributed by atoms with Gasteiger partial charge in [-0.2, -0.15) is 0 Å². The third-order valence-electron chi connectivity index (χ3n) is 3.63. The first kappa shape index (κ1) is 12.2. The average molecular weight is 259 g/mol. The number of aliphatic hydroxyl groups is 1. The molecule has 0 radical (unpaired) electrons. The monoisotopic (exact) mass is 259 g/mol. The Morgan fingerprint density at radius 3 is 3.32 bits per heavy atom. The molecule has 0 bridgehead atoms. The summed E-state index contributed by atoms with van der Waals surface area (Å²) >= 11 is 0. The lowest BCUT2D eigenvalue weighted by Gasteiger charge is -2.30. The first-order valence-electron chi connectivity index (χ1n) is 6.61. The highest BCUT2D eigenvalue weighted by molar-refractivity contribution is 5.87. The van der Waals surface area contributed by atoms with Crippen LogP contribution in [0.3, 0.4) is 0 Å². The number of fused-ring (bicyclic) bond motifs is 1. The number of amides is 1. The molecule has 1 fully saturated rings. The molecule has 1 atom stereocenters. The fourth-order valence-corrected chi connectivity index (χ4v) is 2.61. The summed E-state index contributed by atoms with van der Waals surface area (Å²) in [4.78, 5) is 21.3. The van der Waals surface area contributed by atoms with E-state index in [9.17, 15) is 9.90 Å². The number of aromatic amines is 1. The Morgan fingerprint density at radius 2 is 2.47 bits per heavy atom. The average Bonchev–Trinajstić information content (AvgIpc) is 2.82. The zero-order chi connectivity index (χ0) is 13.2. The number of H-pyrrole nitrogens is 1. The second-order valence-corrected chi connectivity index (χ2v) is 5.03. The molecule has 2 N–H and O–H groups in total. The van der Waals surface area contributed by atoms with Gasteiger partial charge in [-0.25, -0.2) is 4.98 Å². The Balaban J connectivity index is 1.75. The minimum Gasteiger partial charge on any atom is -0.391 e. The molecule has 3 heterocycles. The van der Waals surface area contributed by atoms with Gasteiger partial charge in [-0.3, -0.25) is 4.79 Å². The molecule has 0 aliphatic carbocycles. The van der Waals surface area contributed by atoms with Crippen molar-refractivity contribution in [3.63, 3.8) is 0 Å². The number of nitrogens with one attached hydrogen (secondary N) is 1. The van der Waals surface area contributed by atoms with Gasteiger partial charge in [0, 0.05) is 30.9 Å². The van der Waals surface area contributed by atoms with Gasteiger partial charge in [-0.15, -0.1) is 0 Å². The fourth-order valence-electron chi connectivity index (χ4n) is 2.61. The Bertz CT molecular complexity index is 593. The zero-order valence-corrected chi connectivity index (χ0v) is 10.7. The topological polar surface area (TPSA) is 69.2 Å². The molecule has 2 aromatic heterocycles. The van der Waals surface area contributed by atoms with E-state index in [2.05, 4.69) is 9.97 Å². The molecule has 5 heteroatoms. The van der Waals surface area contributed by atoms with Crippen molar-refractivity contribution < 1.29 is 9.90 Å². The summed E-state index contributed by atoms with van der Waals surface area (Å²) in [6, 6.07) is 3.83. The number of carbonyl (C=O) groups excluding carboxylic acids is 1. The largest absolute Gasteiger partial charge is 0.391 e. The summed E-state index contributed by atoms with van der Waals surface area (Å²) in [5, 5.41) is 10.6. The number of hydrogen-bond acceptors (Lipinski definition) is 3. The number of piperidine rings is 1. The lowest BCUT2D eigenvalue weighted by atomic mass is 10.1. The number of β-amino-alcohol motifs (C(OH)–C–C–N with tert-alkyl or cyclic N) is 1. The number of hydrogen-bond donors (Lipinski definition) is 2. The number of rotatable bonds is 2. The number of aromatic nitrogens is 2. The van der Waals surface area contributed by atoms with Crippen LogP contribution >= 0.6 is 0 Å². The van der Waals surface area contributed by atoms with Crippen LogP contribution in [0.25, 0.3) is 11.0 Å². The van der Waals surface area contributed by atoms with E-state index in [-0.39, 0.29) is 12.0 Å². The van der Waals surface area contributed by atoms with Crippen LogP contribution in [-0.2, 0) is 11.2 Å². The molecule has 5 nitrogen and oxygen atoms in total. The number of pyridine rings is 1. The molecule has 19 heavy (non-hydrogen) atoms. The zero-order valence-electron chi connectivity index (χ0n) is 10.7. The Labute approximate surface area is 111 Å². The highest BCUT2D eigenvalue weighted by Crippen LogP contribution is 2.18. The van der Waals surface area contributed by atoms with Gasteiger partial charge >= 0.3 is 0 Å². The van der Waals surface area contributed by atoms with Gasteiger partial charge in [-0.1, -0.05) is 0 Å². The molecule has 2 aromatic rings. The van der Waals surface area contributed by atoms with E-state index >= 15 is 0 Å². The van der Waals surface area contributed by atoms with E-state index in [4.69, 9.17) is 0 Å². The normalized spacial score (nSPS) is 19.8. The molecule has 1 saturated heterocycles. The summed E-state index contributed by atoms with van der Waals surface area (Å²) in [6.45, 7) is 1.20. The van der Waals surface area contributed by atoms with Gasteiger partial charge < -0.3 is 15.0 Å². The molecule has 0 spiro atoms. The predicted octanol–water partition coefficient (Wildman–Crippen LogP) is 1.09. The third kappa shape index (κ3) is 2.46. The van der Waals surface area contributed by atoms with E-state index in [1.807, 2.05) is 18.3 Å². The SMILES string of the molecule is O=C(Cc1c[nH]c2ncccc12)N1CCCC(O)C1. The van der Waals surface area contributed by atoms with Gasteiger partial charge in [0.15, 0.2) is 0 Å². The van der Waals surface area contributed by atoms with Crippen molar-refractivity contribution in [1.82, 2.24) is 14.9 Å². The summed E-state index contributed by atoms with van der Waals surface area (Å²) in [5.74, 6) is 0.0727. The Kier molecular flexibility index (Phi) is 3.21. The van der Waals surface area contributed by atoms with Crippen molar-refractivity contribution in [2.24, 2.45) is 0 Å². The van der Waals surface area contributed by atoms with Crippen LogP contribution in [0.1, 0.15) is 18.4 Å². The van der Waals surface area contributed by atoms with Gasteiger partial charge in [0.2, 0.25) is 5.91 Å². The Hall–Kier alpha value is -1.88. The first-order valence-corrected chi connectivity index (χ1v) is 6.61. The van der Waals surface area contributed by atoms with Crippen molar-refractivity contribution in [2.75, 3.05) is 13.1 Å². The molecule has 100 valence electrons. The summed E-state index contributed by atoms with van der Waals surface area (Å²) < 4.78 is 0. The van der Waals surface area contributed by atoms with Crippen LogP contribution in [0, 0.1) is 0 Å². The number of likely N-dealkylation sites (tertiary alicyclic amines) is 1. The molecule has 0 aromatic carbocycles. The molecule has 0 saturated carbocycles. The van der Waals surface area contributed by atoms with Gasteiger partial charge in [0.1, 0.15) is 5.65 Å². The lowest BCUT2D eigenvalue weighted by Crippen LogP contribution is -2.42.